The number of nitrogens with zero attached hydrogens (tertiary/aromatic N) is 1. The van der Waals surface area contributed by atoms with E-state index >= 15 is 0 Å². The summed E-state index contributed by atoms with van der Waals surface area (Å²) in [6.45, 7) is 4.59. The molecule has 0 rings (SSSR count). The third kappa shape index (κ3) is 48.0. The first kappa shape index (κ1) is 61.2. The number of carbonyl (C=O) groups is 3. The summed E-state index contributed by atoms with van der Waals surface area (Å²) in [5, 5.41) is 9.66. The summed E-state index contributed by atoms with van der Waals surface area (Å²) in [6.07, 6.45) is 59.1. The first-order valence-electron chi connectivity index (χ1n) is 25.4. The van der Waals surface area contributed by atoms with Crippen molar-refractivity contribution in [3.63, 3.8) is 0 Å². The van der Waals surface area contributed by atoms with Gasteiger partial charge in [0.05, 0.1) is 34.4 Å². The summed E-state index contributed by atoms with van der Waals surface area (Å²) in [5.41, 5.74) is 0. The minimum atomic E-state index is -1.52. The van der Waals surface area contributed by atoms with Gasteiger partial charge in [-0.05, 0) is 89.9 Å². The number of carboxylic acid groups (broad SMARTS) is 1. The minimum absolute atomic E-state index is 0.177. The molecule has 9 heteroatoms. The summed E-state index contributed by atoms with van der Waals surface area (Å²) in [4.78, 5) is 37.2. The Hall–Kier alpha value is -3.79. The van der Waals surface area contributed by atoms with Gasteiger partial charge in [-0.1, -0.05) is 175 Å². The molecular formula is C56H94NO8+. The summed E-state index contributed by atoms with van der Waals surface area (Å²) in [6, 6.07) is 0. The Morgan fingerprint density at radius 1 is 0.462 bits per heavy atom. The molecule has 0 amide bonds. The van der Waals surface area contributed by atoms with Gasteiger partial charge in [0.1, 0.15) is 13.2 Å². The van der Waals surface area contributed by atoms with Gasteiger partial charge >= 0.3 is 17.9 Å². The lowest BCUT2D eigenvalue weighted by molar-refractivity contribution is -0.870. The third-order valence-corrected chi connectivity index (χ3v) is 10.3. The molecule has 2 unspecified atom stereocenters. The molecule has 370 valence electrons. The molecule has 0 spiro atoms. The van der Waals surface area contributed by atoms with Crippen LogP contribution in [0.25, 0.3) is 0 Å². The Morgan fingerprint density at radius 3 is 1.25 bits per heavy atom. The predicted octanol–water partition coefficient (Wildman–Crippen LogP) is 14.2. The first-order chi connectivity index (χ1) is 31.6. The number of carbonyl (C=O) groups excluding carboxylic acids is 2. The van der Waals surface area contributed by atoms with E-state index in [0.29, 0.717) is 23.9 Å². The molecule has 1 N–H and O–H groups in total. The Kier molecular flexibility index (Phi) is 44.0. The topological polar surface area (TPSA) is 108 Å². The number of rotatable bonds is 45. The fourth-order valence-electron chi connectivity index (χ4n) is 6.46. The van der Waals surface area contributed by atoms with Crippen LogP contribution in [-0.4, -0.2) is 87.4 Å². The normalized spacial score (nSPS) is 13.7. The predicted molar refractivity (Wildman–Crippen MR) is 272 cm³/mol. The van der Waals surface area contributed by atoms with Crippen LogP contribution in [0.4, 0.5) is 0 Å². The molecule has 0 aromatic carbocycles. The van der Waals surface area contributed by atoms with Crippen LogP contribution in [0.1, 0.15) is 181 Å². The molecule has 0 heterocycles. The van der Waals surface area contributed by atoms with Gasteiger partial charge in [0.2, 0.25) is 0 Å². The zero-order valence-corrected chi connectivity index (χ0v) is 41.9. The van der Waals surface area contributed by atoms with Gasteiger partial charge < -0.3 is 28.5 Å². The standard InChI is InChI=1S/C56H93NO8/c1-6-8-10-12-14-16-18-20-21-22-23-24-25-26-27-28-29-30-31-32-33-35-37-39-41-43-45-47-54(59)65-52(51-64-56(55(60)61)62-49-48-57(3,4)5)50-63-53(58)46-44-42-40-38-36-34-19-17-15-13-11-9-7-2/h8-11,14-17,20-21,23-24,26-27,34,36,52,56H,6-7,12-13,18-19,22,25,28-33,35,37-51H2,1-5H3/p+1/b10-8-,11-9-,16-14-,17-15-,21-20-,24-23-,27-26-,36-34-. The van der Waals surface area contributed by atoms with Crippen LogP contribution < -0.4 is 0 Å². The van der Waals surface area contributed by atoms with Crippen molar-refractivity contribution in [3.05, 3.63) is 97.2 Å². The molecule has 0 aromatic rings. The number of quaternary nitrogens is 1. The molecular weight excluding hydrogens is 815 g/mol. The van der Waals surface area contributed by atoms with E-state index in [-0.39, 0.29) is 38.6 Å². The second-order valence-electron chi connectivity index (χ2n) is 17.7. The number of esters is 2. The fraction of sp³-hybridized carbons (Fsp3) is 0.661. The van der Waals surface area contributed by atoms with Gasteiger partial charge in [0.15, 0.2) is 6.10 Å². The molecule has 9 nitrogen and oxygen atoms in total. The summed E-state index contributed by atoms with van der Waals surface area (Å²) < 4.78 is 22.7. The maximum Gasteiger partial charge on any atom is 0.361 e. The molecule has 65 heavy (non-hydrogen) atoms. The number of likely N-dealkylation sites (N-methyl/N-ethyl adjacent to an activating group) is 1. The lowest BCUT2D eigenvalue weighted by Gasteiger charge is -2.25. The van der Waals surface area contributed by atoms with E-state index < -0.39 is 24.3 Å². The van der Waals surface area contributed by atoms with Crippen molar-refractivity contribution in [1.29, 1.82) is 0 Å². The molecule has 0 radical (unpaired) electrons. The highest BCUT2D eigenvalue weighted by Gasteiger charge is 2.25. The van der Waals surface area contributed by atoms with Gasteiger partial charge in [-0.3, -0.25) is 9.59 Å². The molecule has 0 saturated heterocycles. The van der Waals surface area contributed by atoms with Gasteiger partial charge in [-0.25, -0.2) is 4.79 Å². The Labute approximate surface area is 397 Å². The lowest BCUT2D eigenvalue weighted by atomic mass is 10.0. The Bertz CT molecular complexity index is 1380. The average molecular weight is 909 g/mol. The maximum absolute atomic E-state index is 12.8. The number of unbranched alkanes of at least 4 members (excludes halogenated alkanes) is 14. The van der Waals surface area contributed by atoms with Crippen molar-refractivity contribution < 1.29 is 42.9 Å². The second kappa shape index (κ2) is 46.7. The van der Waals surface area contributed by atoms with Crippen LogP contribution in [-0.2, 0) is 33.3 Å². The molecule has 0 fully saturated rings. The second-order valence-corrected chi connectivity index (χ2v) is 17.7. The van der Waals surface area contributed by atoms with Gasteiger partial charge in [0.25, 0.3) is 6.29 Å². The van der Waals surface area contributed by atoms with E-state index in [2.05, 4.69) is 111 Å². The lowest BCUT2D eigenvalue weighted by Crippen LogP contribution is -2.40. The molecule has 0 aliphatic rings. The summed E-state index contributed by atoms with van der Waals surface area (Å²) in [5.74, 6) is -2.06. The van der Waals surface area contributed by atoms with Gasteiger partial charge in [-0.15, -0.1) is 0 Å². The van der Waals surface area contributed by atoms with Crippen molar-refractivity contribution in [2.45, 2.75) is 193 Å². The van der Waals surface area contributed by atoms with Crippen LogP contribution >= 0.6 is 0 Å². The molecule has 0 aromatic heterocycles. The van der Waals surface area contributed by atoms with Crippen molar-refractivity contribution in [2.75, 3.05) is 47.5 Å². The first-order valence-corrected chi connectivity index (χ1v) is 25.4. The van der Waals surface area contributed by atoms with E-state index in [9.17, 15) is 19.5 Å². The van der Waals surface area contributed by atoms with Crippen molar-refractivity contribution in [2.24, 2.45) is 0 Å². The number of hydrogen-bond donors (Lipinski definition) is 1. The summed E-state index contributed by atoms with van der Waals surface area (Å²) in [7, 11) is 5.94. The monoisotopic (exact) mass is 909 g/mol. The quantitative estimate of drug-likeness (QED) is 0.0212. The third-order valence-electron chi connectivity index (χ3n) is 10.3. The zero-order valence-electron chi connectivity index (χ0n) is 41.9. The van der Waals surface area contributed by atoms with Crippen LogP contribution in [0.3, 0.4) is 0 Å². The Balaban J connectivity index is 4.31. The zero-order chi connectivity index (χ0) is 47.7. The Morgan fingerprint density at radius 2 is 0.831 bits per heavy atom. The smallest absolute Gasteiger partial charge is 0.361 e. The van der Waals surface area contributed by atoms with Crippen LogP contribution in [0.15, 0.2) is 97.2 Å². The highest BCUT2D eigenvalue weighted by atomic mass is 16.7. The fourth-order valence-corrected chi connectivity index (χ4v) is 6.46. The largest absolute Gasteiger partial charge is 0.477 e. The minimum Gasteiger partial charge on any atom is -0.477 e. The highest BCUT2D eigenvalue weighted by Crippen LogP contribution is 2.14. The number of aliphatic carboxylic acids is 1. The van der Waals surface area contributed by atoms with Gasteiger partial charge in [0, 0.05) is 12.8 Å². The number of ether oxygens (including phenoxy) is 4. The highest BCUT2D eigenvalue weighted by molar-refractivity contribution is 5.71. The van der Waals surface area contributed by atoms with Gasteiger partial charge in [-0.2, -0.15) is 0 Å². The van der Waals surface area contributed by atoms with E-state index in [1.807, 2.05) is 21.1 Å². The van der Waals surface area contributed by atoms with E-state index in [1.54, 1.807) is 0 Å². The molecule has 0 bridgehead atoms. The van der Waals surface area contributed by atoms with Crippen LogP contribution in [0.2, 0.25) is 0 Å². The number of carboxylic acids is 1. The van der Waals surface area contributed by atoms with Crippen molar-refractivity contribution in [3.8, 4) is 0 Å². The SMILES string of the molecule is CC/C=C\C/C=C\C/C=C\C/C=C\C/C=C\CCCCCCCCCCCCCC(=O)OC(COC(=O)CCCCC/C=C\C/C=C\C/C=C\CC)COC(OCC[N+](C)(C)C)C(=O)O. The number of hydrogen-bond acceptors (Lipinski definition) is 7. The van der Waals surface area contributed by atoms with E-state index in [1.165, 1.54) is 44.9 Å². The molecule has 0 aliphatic heterocycles. The van der Waals surface area contributed by atoms with Crippen molar-refractivity contribution in [1.82, 2.24) is 0 Å². The number of allylic oxidation sites excluding steroid dienone is 16. The molecule has 0 aliphatic carbocycles. The van der Waals surface area contributed by atoms with Crippen LogP contribution in [0.5, 0.6) is 0 Å². The summed E-state index contributed by atoms with van der Waals surface area (Å²) >= 11 is 0. The molecule has 2 atom stereocenters. The van der Waals surface area contributed by atoms with Crippen LogP contribution in [0, 0.1) is 0 Å². The average Bonchev–Trinajstić information content (AvgIpc) is 3.27. The molecule has 0 saturated carbocycles. The van der Waals surface area contributed by atoms with E-state index in [0.717, 1.165) is 96.3 Å². The van der Waals surface area contributed by atoms with E-state index in [4.69, 9.17) is 18.9 Å². The maximum atomic E-state index is 12.8. The van der Waals surface area contributed by atoms with Crippen molar-refractivity contribution >= 4 is 17.9 Å².